The van der Waals surface area contributed by atoms with E-state index in [4.69, 9.17) is 5.11 Å². The fourth-order valence-corrected chi connectivity index (χ4v) is 1.15. The highest BCUT2D eigenvalue weighted by Crippen LogP contribution is 1.98. The molecule has 16 heavy (non-hydrogen) atoms. The van der Waals surface area contributed by atoms with Gasteiger partial charge in [-0.2, -0.15) is 5.10 Å². The van der Waals surface area contributed by atoms with Crippen molar-refractivity contribution >= 4 is 11.9 Å². The topological polar surface area (TPSA) is 84.2 Å². The SMILES string of the molecule is CC(C)NC(=O)c1ccn(CCC(=O)O)n1. The smallest absolute Gasteiger partial charge is 0.305 e. The van der Waals surface area contributed by atoms with Crippen molar-refractivity contribution in [1.82, 2.24) is 15.1 Å². The van der Waals surface area contributed by atoms with Gasteiger partial charge < -0.3 is 10.4 Å². The van der Waals surface area contributed by atoms with E-state index in [2.05, 4.69) is 10.4 Å². The Morgan fingerprint density at radius 2 is 2.25 bits per heavy atom. The highest BCUT2D eigenvalue weighted by atomic mass is 16.4. The van der Waals surface area contributed by atoms with E-state index < -0.39 is 5.97 Å². The summed E-state index contributed by atoms with van der Waals surface area (Å²) in [5, 5.41) is 15.2. The van der Waals surface area contributed by atoms with Crippen LogP contribution in [0.25, 0.3) is 0 Å². The summed E-state index contributed by atoms with van der Waals surface area (Å²) in [6.45, 7) is 3.99. The standard InChI is InChI=1S/C10H15N3O3/c1-7(2)11-10(16)8-3-5-13(12-8)6-4-9(14)15/h3,5,7H,4,6H2,1-2H3,(H,11,16)(H,14,15). The molecule has 0 saturated heterocycles. The lowest BCUT2D eigenvalue weighted by molar-refractivity contribution is -0.137. The number of carboxylic acid groups (broad SMARTS) is 1. The van der Waals surface area contributed by atoms with Crippen LogP contribution in [0.2, 0.25) is 0 Å². The van der Waals surface area contributed by atoms with E-state index in [1.165, 1.54) is 4.68 Å². The Morgan fingerprint density at radius 1 is 1.56 bits per heavy atom. The van der Waals surface area contributed by atoms with Gasteiger partial charge in [-0.3, -0.25) is 14.3 Å². The molecule has 0 spiro atoms. The Morgan fingerprint density at radius 3 is 2.81 bits per heavy atom. The summed E-state index contributed by atoms with van der Waals surface area (Å²) < 4.78 is 1.45. The Labute approximate surface area is 93.3 Å². The number of carbonyl (C=O) groups is 2. The Balaban J connectivity index is 2.57. The fourth-order valence-electron chi connectivity index (χ4n) is 1.15. The van der Waals surface area contributed by atoms with Crippen LogP contribution in [0, 0.1) is 0 Å². The van der Waals surface area contributed by atoms with Crippen LogP contribution in [-0.2, 0) is 11.3 Å². The first kappa shape index (κ1) is 12.2. The van der Waals surface area contributed by atoms with E-state index in [0.29, 0.717) is 5.69 Å². The lowest BCUT2D eigenvalue weighted by Crippen LogP contribution is -2.30. The molecule has 0 radical (unpaired) electrons. The summed E-state index contributed by atoms with van der Waals surface area (Å²) in [5.74, 6) is -1.13. The summed E-state index contributed by atoms with van der Waals surface area (Å²) >= 11 is 0. The minimum atomic E-state index is -0.885. The van der Waals surface area contributed by atoms with Crippen LogP contribution in [0.1, 0.15) is 30.8 Å². The van der Waals surface area contributed by atoms with E-state index in [0.717, 1.165) is 0 Å². The zero-order valence-electron chi connectivity index (χ0n) is 9.30. The summed E-state index contributed by atoms with van der Waals surface area (Å²) in [4.78, 5) is 21.8. The predicted molar refractivity (Wildman–Crippen MR) is 57.1 cm³/mol. The second-order valence-electron chi connectivity index (χ2n) is 3.74. The molecule has 1 rings (SSSR count). The molecular formula is C10H15N3O3. The van der Waals surface area contributed by atoms with Crippen LogP contribution in [0.15, 0.2) is 12.3 Å². The molecule has 6 heteroatoms. The molecule has 6 nitrogen and oxygen atoms in total. The van der Waals surface area contributed by atoms with E-state index in [1.54, 1.807) is 12.3 Å². The first-order valence-electron chi connectivity index (χ1n) is 5.05. The summed E-state index contributed by atoms with van der Waals surface area (Å²) in [6, 6.07) is 1.62. The van der Waals surface area contributed by atoms with Crippen LogP contribution < -0.4 is 5.32 Å². The average molecular weight is 225 g/mol. The molecule has 0 fully saturated rings. The number of nitrogens with one attached hydrogen (secondary N) is 1. The first-order chi connectivity index (χ1) is 7.49. The maximum absolute atomic E-state index is 11.5. The Bertz CT molecular complexity index is 384. The number of nitrogens with zero attached hydrogens (tertiary/aromatic N) is 2. The van der Waals surface area contributed by atoms with Gasteiger partial charge in [-0.05, 0) is 19.9 Å². The summed E-state index contributed by atoms with van der Waals surface area (Å²) in [5.41, 5.74) is 0.305. The van der Waals surface area contributed by atoms with Crippen molar-refractivity contribution in [2.24, 2.45) is 0 Å². The zero-order valence-corrected chi connectivity index (χ0v) is 9.30. The number of rotatable bonds is 5. The lowest BCUT2D eigenvalue weighted by Gasteiger charge is -2.05. The molecule has 0 saturated carbocycles. The molecule has 0 aliphatic carbocycles. The fraction of sp³-hybridized carbons (Fsp3) is 0.500. The van der Waals surface area contributed by atoms with Crippen molar-refractivity contribution in [3.63, 3.8) is 0 Å². The van der Waals surface area contributed by atoms with Crippen LogP contribution in [0.3, 0.4) is 0 Å². The maximum Gasteiger partial charge on any atom is 0.305 e. The second kappa shape index (κ2) is 5.29. The lowest BCUT2D eigenvalue weighted by atomic mass is 10.3. The molecular weight excluding hydrogens is 210 g/mol. The van der Waals surface area contributed by atoms with Crippen LogP contribution in [-0.4, -0.2) is 32.8 Å². The molecule has 1 aromatic rings. The van der Waals surface area contributed by atoms with Crippen molar-refractivity contribution in [2.45, 2.75) is 32.9 Å². The van der Waals surface area contributed by atoms with Crippen molar-refractivity contribution in [1.29, 1.82) is 0 Å². The number of aliphatic carboxylic acids is 1. The van der Waals surface area contributed by atoms with Gasteiger partial charge in [0.1, 0.15) is 5.69 Å². The molecule has 1 aromatic heterocycles. The van der Waals surface area contributed by atoms with Gasteiger partial charge in [-0.25, -0.2) is 0 Å². The van der Waals surface area contributed by atoms with E-state index >= 15 is 0 Å². The van der Waals surface area contributed by atoms with Crippen molar-refractivity contribution < 1.29 is 14.7 Å². The van der Waals surface area contributed by atoms with Crippen LogP contribution >= 0.6 is 0 Å². The number of hydrogen-bond donors (Lipinski definition) is 2. The molecule has 0 aliphatic rings. The number of aromatic nitrogens is 2. The predicted octanol–water partition coefficient (Wildman–Crippen LogP) is 0.496. The van der Waals surface area contributed by atoms with E-state index in [9.17, 15) is 9.59 Å². The molecule has 2 N–H and O–H groups in total. The highest BCUT2D eigenvalue weighted by molar-refractivity contribution is 5.92. The van der Waals surface area contributed by atoms with Gasteiger partial charge in [0.15, 0.2) is 0 Å². The van der Waals surface area contributed by atoms with Gasteiger partial charge in [0.25, 0.3) is 5.91 Å². The minimum Gasteiger partial charge on any atom is -0.481 e. The monoisotopic (exact) mass is 225 g/mol. The molecule has 0 aromatic carbocycles. The average Bonchev–Trinajstić information content (AvgIpc) is 2.61. The third-order valence-electron chi connectivity index (χ3n) is 1.85. The third kappa shape index (κ3) is 3.72. The summed E-state index contributed by atoms with van der Waals surface area (Å²) in [6.07, 6.45) is 1.59. The maximum atomic E-state index is 11.5. The van der Waals surface area contributed by atoms with Gasteiger partial charge in [-0.15, -0.1) is 0 Å². The van der Waals surface area contributed by atoms with Gasteiger partial charge in [0.05, 0.1) is 13.0 Å². The largest absolute Gasteiger partial charge is 0.481 e. The molecule has 0 unspecified atom stereocenters. The Kier molecular flexibility index (Phi) is 4.04. The highest BCUT2D eigenvalue weighted by Gasteiger charge is 2.10. The van der Waals surface area contributed by atoms with Gasteiger partial charge in [0, 0.05) is 12.2 Å². The van der Waals surface area contributed by atoms with E-state index in [-0.39, 0.29) is 24.9 Å². The molecule has 88 valence electrons. The molecule has 0 aliphatic heterocycles. The number of amides is 1. The zero-order chi connectivity index (χ0) is 12.1. The molecule has 1 amide bonds. The Hall–Kier alpha value is -1.85. The van der Waals surface area contributed by atoms with Crippen molar-refractivity contribution in [3.05, 3.63) is 18.0 Å². The van der Waals surface area contributed by atoms with E-state index in [1.807, 2.05) is 13.8 Å². The number of carbonyl (C=O) groups excluding carboxylic acids is 1. The molecule has 0 bridgehead atoms. The third-order valence-corrected chi connectivity index (χ3v) is 1.85. The first-order valence-corrected chi connectivity index (χ1v) is 5.05. The minimum absolute atomic E-state index is 0.00702. The van der Waals surface area contributed by atoms with Crippen LogP contribution in [0.5, 0.6) is 0 Å². The second-order valence-corrected chi connectivity index (χ2v) is 3.74. The normalized spacial score (nSPS) is 10.4. The molecule has 0 atom stereocenters. The molecule has 1 heterocycles. The summed E-state index contributed by atoms with van der Waals surface area (Å²) in [7, 11) is 0. The number of hydrogen-bond acceptors (Lipinski definition) is 3. The van der Waals surface area contributed by atoms with Crippen LogP contribution in [0.4, 0.5) is 0 Å². The number of aryl methyl sites for hydroxylation is 1. The quantitative estimate of drug-likeness (QED) is 0.764. The van der Waals surface area contributed by atoms with Gasteiger partial charge >= 0.3 is 5.97 Å². The van der Waals surface area contributed by atoms with Gasteiger partial charge in [0.2, 0.25) is 0 Å². The van der Waals surface area contributed by atoms with Crippen molar-refractivity contribution in [2.75, 3.05) is 0 Å². The van der Waals surface area contributed by atoms with Crippen molar-refractivity contribution in [3.8, 4) is 0 Å². The number of carboxylic acids is 1. The van der Waals surface area contributed by atoms with Gasteiger partial charge in [-0.1, -0.05) is 0 Å².